The summed E-state index contributed by atoms with van der Waals surface area (Å²) >= 11 is 11.4. The molecule has 0 aliphatic rings. The zero-order valence-electron chi connectivity index (χ0n) is 8.98. The predicted octanol–water partition coefficient (Wildman–Crippen LogP) is 2.14. The van der Waals surface area contributed by atoms with Crippen LogP contribution in [0.25, 0.3) is 0 Å². The van der Waals surface area contributed by atoms with Crippen LogP contribution in [-0.4, -0.2) is 20.0 Å². The molecule has 1 aromatic heterocycles. The third-order valence-corrected chi connectivity index (χ3v) is 5.34. The van der Waals surface area contributed by atoms with Crippen LogP contribution < -0.4 is 10.5 Å². The molecule has 4 nitrogen and oxygen atoms in total. The fourth-order valence-electron chi connectivity index (χ4n) is 1.14. The lowest BCUT2D eigenvalue weighted by Gasteiger charge is -2.04. The molecule has 1 heterocycles. The maximum Gasteiger partial charge on any atom is 0.250 e. The summed E-state index contributed by atoms with van der Waals surface area (Å²) in [5.41, 5.74) is 5.33. The van der Waals surface area contributed by atoms with Gasteiger partial charge in [0, 0.05) is 6.54 Å². The standard InChI is InChI=1S/C9H13ClN2O2S3/c10-7-4-5-9(16-7)17(13,14)12-6-2-1-3-8(11)15/h4-5,12H,1-3,6H2,(H2,11,15). The summed E-state index contributed by atoms with van der Waals surface area (Å²) in [4.78, 5) is 0.456. The molecule has 0 saturated carbocycles. The van der Waals surface area contributed by atoms with Gasteiger partial charge in [0.1, 0.15) is 4.21 Å². The van der Waals surface area contributed by atoms with Gasteiger partial charge in [-0.3, -0.25) is 0 Å². The molecule has 0 atom stereocenters. The Morgan fingerprint density at radius 3 is 2.71 bits per heavy atom. The van der Waals surface area contributed by atoms with Gasteiger partial charge in [0.25, 0.3) is 0 Å². The van der Waals surface area contributed by atoms with Crippen LogP contribution in [0, 0.1) is 0 Å². The quantitative estimate of drug-likeness (QED) is 0.597. The van der Waals surface area contributed by atoms with Crippen LogP contribution in [0.4, 0.5) is 0 Å². The largest absolute Gasteiger partial charge is 0.393 e. The number of nitrogens with one attached hydrogen (secondary N) is 1. The van der Waals surface area contributed by atoms with Gasteiger partial charge in [0.15, 0.2) is 0 Å². The van der Waals surface area contributed by atoms with Crippen LogP contribution in [0.15, 0.2) is 16.3 Å². The second-order valence-corrected chi connectivity index (χ2v) is 7.61. The molecule has 1 aromatic rings. The summed E-state index contributed by atoms with van der Waals surface area (Å²) in [6, 6.07) is 3.05. The van der Waals surface area contributed by atoms with Crippen molar-refractivity contribution >= 4 is 50.2 Å². The topological polar surface area (TPSA) is 72.2 Å². The summed E-state index contributed by atoms with van der Waals surface area (Å²) < 4.78 is 26.7. The van der Waals surface area contributed by atoms with Gasteiger partial charge in [-0.1, -0.05) is 23.8 Å². The van der Waals surface area contributed by atoms with E-state index in [0.29, 0.717) is 28.7 Å². The second-order valence-electron chi connectivity index (χ2n) is 3.38. The van der Waals surface area contributed by atoms with Crippen molar-refractivity contribution in [3.63, 3.8) is 0 Å². The number of thiocarbonyl (C=S) groups is 1. The first-order valence-corrected chi connectivity index (χ1v) is 8.04. The van der Waals surface area contributed by atoms with Crippen molar-refractivity contribution in [2.75, 3.05) is 6.54 Å². The minimum absolute atomic E-state index is 0.233. The molecule has 0 saturated heterocycles. The molecule has 0 spiro atoms. The highest BCUT2D eigenvalue weighted by Gasteiger charge is 2.15. The molecule has 3 N–H and O–H groups in total. The Morgan fingerprint density at radius 1 is 1.47 bits per heavy atom. The zero-order chi connectivity index (χ0) is 12.9. The monoisotopic (exact) mass is 312 g/mol. The van der Waals surface area contributed by atoms with Crippen LogP contribution in [0.1, 0.15) is 19.3 Å². The Kier molecular flexibility index (Phi) is 5.81. The van der Waals surface area contributed by atoms with Crippen molar-refractivity contribution < 1.29 is 8.42 Å². The summed E-state index contributed by atoms with van der Waals surface area (Å²) in [5.74, 6) is 0. The van der Waals surface area contributed by atoms with Gasteiger partial charge in [0.05, 0.1) is 9.32 Å². The van der Waals surface area contributed by atoms with Crippen molar-refractivity contribution in [2.24, 2.45) is 5.73 Å². The SMILES string of the molecule is NC(=S)CCCCNS(=O)(=O)c1ccc(Cl)s1. The van der Waals surface area contributed by atoms with E-state index in [1.807, 2.05) is 0 Å². The first-order chi connectivity index (χ1) is 7.92. The van der Waals surface area contributed by atoms with Gasteiger partial charge in [-0.25, -0.2) is 13.1 Å². The molecule has 96 valence electrons. The smallest absolute Gasteiger partial charge is 0.250 e. The molecule has 0 fully saturated rings. The fourth-order valence-corrected chi connectivity index (χ4v) is 3.89. The molecule has 0 radical (unpaired) electrons. The van der Waals surface area contributed by atoms with E-state index in [1.165, 1.54) is 6.07 Å². The van der Waals surface area contributed by atoms with Crippen LogP contribution in [0.5, 0.6) is 0 Å². The minimum Gasteiger partial charge on any atom is -0.393 e. The molecule has 0 unspecified atom stereocenters. The lowest BCUT2D eigenvalue weighted by Crippen LogP contribution is -2.24. The van der Waals surface area contributed by atoms with E-state index in [1.54, 1.807) is 6.07 Å². The molecule has 0 aliphatic carbocycles. The highest BCUT2D eigenvalue weighted by Crippen LogP contribution is 2.25. The number of unbranched alkanes of at least 4 members (excludes halogenated alkanes) is 1. The Labute approximate surface area is 115 Å². The van der Waals surface area contributed by atoms with Crippen LogP contribution in [-0.2, 0) is 10.0 Å². The average molecular weight is 313 g/mol. The molecular formula is C9H13ClN2O2S3. The maximum atomic E-state index is 11.7. The first-order valence-electron chi connectivity index (χ1n) is 4.95. The van der Waals surface area contributed by atoms with Gasteiger partial charge in [0.2, 0.25) is 10.0 Å². The molecule has 8 heteroatoms. The van der Waals surface area contributed by atoms with E-state index >= 15 is 0 Å². The Hall–Kier alpha value is -0.210. The van der Waals surface area contributed by atoms with Crippen LogP contribution >= 0.6 is 35.2 Å². The normalized spacial score (nSPS) is 11.6. The van der Waals surface area contributed by atoms with Crippen molar-refractivity contribution in [3.05, 3.63) is 16.5 Å². The molecular weight excluding hydrogens is 300 g/mol. The predicted molar refractivity (Wildman–Crippen MR) is 75.2 cm³/mol. The summed E-state index contributed by atoms with van der Waals surface area (Å²) in [6.07, 6.45) is 2.13. The molecule has 0 aromatic carbocycles. The second kappa shape index (κ2) is 6.65. The molecule has 17 heavy (non-hydrogen) atoms. The highest BCUT2D eigenvalue weighted by atomic mass is 35.5. The van der Waals surface area contributed by atoms with Gasteiger partial charge in [-0.15, -0.1) is 11.3 Å². The number of sulfonamides is 1. The number of rotatable bonds is 7. The summed E-state index contributed by atoms with van der Waals surface area (Å²) in [6.45, 7) is 0.375. The minimum atomic E-state index is -3.42. The van der Waals surface area contributed by atoms with Crippen molar-refractivity contribution in [3.8, 4) is 0 Å². The van der Waals surface area contributed by atoms with Crippen molar-refractivity contribution in [1.82, 2.24) is 4.72 Å². The van der Waals surface area contributed by atoms with Crippen LogP contribution in [0.3, 0.4) is 0 Å². The van der Waals surface area contributed by atoms with E-state index in [-0.39, 0.29) is 4.21 Å². The third kappa shape index (κ3) is 5.31. The lowest BCUT2D eigenvalue weighted by molar-refractivity contribution is 0.579. The van der Waals surface area contributed by atoms with Crippen molar-refractivity contribution in [2.45, 2.75) is 23.5 Å². The van der Waals surface area contributed by atoms with Crippen LogP contribution in [0.2, 0.25) is 4.34 Å². The third-order valence-electron chi connectivity index (χ3n) is 1.96. The van der Waals surface area contributed by atoms with Crippen molar-refractivity contribution in [1.29, 1.82) is 0 Å². The number of hydrogen-bond donors (Lipinski definition) is 2. The van der Waals surface area contributed by atoms with E-state index in [4.69, 9.17) is 29.6 Å². The molecule has 0 amide bonds. The molecule has 0 aliphatic heterocycles. The van der Waals surface area contributed by atoms with Gasteiger partial charge < -0.3 is 5.73 Å². The maximum absolute atomic E-state index is 11.7. The van der Waals surface area contributed by atoms with E-state index in [0.717, 1.165) is 17.8 Å². The summed E-state index contributed by atoms with van der Waals surface area (Å²) in [5, 5.41) is 0. The van der Waals surface area contributed by atoms with Gasteiger partial charge >= 0.3 is 0 Å². The number of halogens is 1. The molecule has 0 bridgehead atoms. The Bertz CT molecular complexity index is 484. The average Bonchev–Trinajstić information content (AvgIpc) is 2.64. The van der Waals surface area contributed by atoms with E-state index < -0.39 is 10.0 Å². The van der Waals surface area contributed by atoms with Gasteiger partial charge in [-0.2, -0.15) is 0 Å². The number of nitrogens with two attached hydrogens (primary N) is 1. The first kappa shape index (κ1) is 14.8. The lowest BCUT2D eigenvalue weighted by atomic mass is 10.2. The zero-order valence-corrected chi connectivity index (χ0v) is 12.2. The van der Waals surface area contributed by atoms with E-state index in [9.17, 15) is 8.42 Å². The van der Waals surface area contributed by atoms with E-state index in [2.05, 4.69) is 4.72 Å². The molecule has 1 rings (SSSR count). The Morgan fingerprint density at radius 2 is 2.18 bits per heavy atom. The van der Waals surface area contributed by atoms with Gasteiger partial charge in [-0.05, 0) is 31.4 Å². The number of thiophene rings is 1. The summed E-state index contributed by atoms with van der Waals surface area (Å²) in [7, 11) is -3.42. The Balaban J connectivity index is 2.38. The highest BCUT2D eigenvalue weighted by molar-refractivity contribution is 7.91. The fraction of sp³-hybridized carbons (Fsp3) is 0.444. The number of hydrogen-bond acceptors (Lipinski definition) is 4.